The van der Waals surface area contributed by atoms with Crippen molar-refractivity contribution in [2.24, 2.45) is 0 Å². The first kappa shape index (κ1) is 11.0. The van der Waals surface area contributed by atoms with Gasteiger partial charge < -0.3 is 5.73 Å². The third-order valence-electron chi connectivity index (χ3n) is 3.55. The molecule has 3 rings (SSSR count). The number of benzene rings is 1. The van der Waals surface area contributed by atoms with Crippen molar-refractivity contribution in [2.75, 3.05) is 5.73 Å². The van der Waals surface area contributed by atoms with Gasteiger partial charge in [-0.1, -0.05) is 38.1 Å². The number of H-pyrrole nitrogens is 1. The number of fused-ring (bicyclic) bond motifs is 3. The molecule has 3 N–H and O–H groups in total. The van der Waals surface area contributed by atoms with E-state index in [1.807, 2.05) is 18.2 Å². The van der Waals surface area contributed by atoms with E-state index in [0.717, 1.165) is 17.7 Å². The summed E-state index contributed by atoms with van der Waals surface area (Å²) in [5.74, 6) is 0.189. The molecule has 1 aromatic heterocycles. The van der Waals surface area contributed by atoms with Gasteiger partial charge in [0, 0.05) is 0 Å². The zero-order chi connectivity index (χ0) is 12.9. The fourth-order valence-corrected chi connectivity index (χ4v) is 2.75. The standard InChI is InChI=1S/C14H15N3O/c1-14(2)7-10-11(12(18)17-13(15)16-10)8-5-3-4-6-9(8)14/h3-6H,7H2,1-2H3,(H3,15,16,17,18). The van der Waals surface area contributed by atoms with Crippen molar-refractivity contribution in [2.45, 2.75) is 25.7 Å². The second-order valence-corrected chi connectivity index (χ2v) is 5.38. The number of aromatic nitrogens is 2. The van der Waals surface area contributed by atoms with Crippen LogP contribution in [0, 0.1) is 0 Å². The lowest BCUT2D eigenvalue weighted by Gasteiger charge is -2.32. The average Bonchev–Trinajstić information content (AvgIpc) is 2.27. The summed E-state index contributed by atoms with van der Waals surface area (Å²) < 4.78 is 0. The van der Waals surface area contributed by atoms with Crippen molar-refractivity contribution in [3.05, 3.63) is 45.9 Å². The van der Waals surface area contributed by atoms with Gasteiger partial charge in [-0.25, -0.2) is 4.98 Å². The SMILES string of the molecule is CC1(C)Cc2nc(N)[nH]c(=O)c2-c2ccccc21. The molecule has 0 spiro atoms. The smallest absolute Gasteiger partial charge is 0.260 e. The molecule has 1 aliphatic carbocycles. The van der Waals surface area contributed by atoms with Gasteiger partial charge in [0.25, 0.3) is 5.56 Å². The number of hydrogen-bond donors (Lipinski definition) is 2. The number of anilines is 1. The van der Waals surface area contributed by atoms with Crippen molar-refractivity contribution in [3.8, 4) is 11.1 Å². The molecule has 1 aliphatic rings. The quantitative estimate of drug-likeness (QED) is 0.739. The van der Waals surface area contributed by atoms with Crippen LogP contribution in [0.4, 0.5) is 5.95 Å². The van der Waals surface area contributed by atoms with E-state index in [4.69, 9.17) is 5.73 Å². The van der Waals surface area contributed by atoms with Crippen molar-refractivity contribution in [1.29, 1.82) is 0 Å². The second-order valence-electron chi connectivity index (χ2n) is 5.38. The highest BCUT2D eigenvalue weighted by molar-refractivity contribution is 5.73. The van der Waals surface area contributed by atoms with E-state index >= 15 is 0 Å². The van der Waals surface area contributed by atoms with Crippen LogP contribution in [0.2, 0.25) is 0 Å². The Hall–Kier alpha value is -2.10. The zero-order valence-corrected chi connectivity index (χ0v) is 10.4. The maximum absolute atomic E-state index is 12.1. The predicted molar refractivity (Wildman–Crippen MR) is 71.4 cm³/mol. The van der Waals surface area contributed by atoms with Crippen LogP contribution in [0.3, 0.4) is 0 Å². The van der Waals surface area contributed by atoms with Crippen molar-refractivity contribution in [1.82, 2.24) is 9.97 Å². The molecule has 0 saturated heterocycles. The van der Waals surface area contributed by atoms with Gasteiger partial charge >= 0.3 is 0 Å². The number of rotatable bonds is 0. The number of aromatic amines is 1. The van der Waals surface area contributed by atoms with Gasteiger partial charge in [0.1, 0.15) is 0 Å². The molecule has 18 heavy (non-hydrogen) atoms. The number of nitrogen functional groups attached to an aromatic ring is 1. The fraction of sp³-hybridized carbons (Fsp3) is 0.286. The molecule has 92 valence electrons. The normalized spacial score (nSPS) is 15.9. The van der Waals surface area contributed by atoms with E-state index in [1.54, 1.807) is 0 Å². The number of nitrogens with two attached hydrogens (primary N) is 1. The maximum atomic E-state index is 12.1. The minimum Gasteiger partial charge on any atom is -0.369 e. The van der Waals surface area contributed by atoms with Crippen LogP contribution < -0.4 is 11.3 Å². The number of nitrogens with one attached hydrogen (secondary N) is 1. The highest BCUT2D eigenvalue weighted by atomic mass is 16.1. The van der Waals surface area contributed by atoms with Crippen molar-refractivity contribution in [3.63, 3.8) is 0 Å². The summed E-state index contributed by atoms with van der Waals surface area (Å²) in [6.07, 6.45) is 0.730. The average molecular weight is 241 g/mol. The predicted octanol–water partition coefficient (Wildman–Crippen LogP) is 1.85. The molecule has 1 aromatic carbocycles. The van der Waals surface area contributed by atoms with Crippen LogP contribution in [-0.2, 0) is 11.8 Å². The van der Waals surface area contributed by atoms with E-state index in [0.29, 0.717) is 5.56 Å². The Morgan fingerprint density at radius 1 is 1.33 bits per heavy atom. The van der Waals surface area contributed by atoms with Gasteiger partial charge in [-0.3, -0.25) is 9.78 Å². The molecule has 0 radical (unpaired) electrons. The lowest BCUT2D eigenvalue weighted by Crippen LogP contribution is -2.30. The van der Waals surface area contributed by atoms with Gasteiger partial charge in [0.15, 0.2) is 0 Å². The molecule has 0 amide bonds. The summed E-state index contributed by atoms with van der Waals surface area (Å²) in [5, 5.41) is 0. The molecule has 0 saturated carbocycles. The molecule has 0 unspecified atom stereocenters. The minimum atomic E-state index is -0.152. The van der Waals surface area contributed by atoms with Crippen LogP contribution in [0.15, 0.2) is 29.1 Å². The Bertz CT molecular complexity index is 686. The van der Waals surface area contributed by atoms with Crippen LogP contribution in [0.5, 0.6) is 0 Å². The molecular formula is C14H15N3O. The first-order valence-electron chi connectivity index (χ1n) is 5.97. The highest BCUT2D eigenvalue weighted by Gasteiger charge is 2.33. The first-order valence-corrected chi connectivity index (χ1v) is 5.97. The van der Waals surface area contributed by atoms with Crippen LogP contribution in [0.1, 0.15) is 25.1 Å². The first-order chi connectivity index (χ1) is 8.49. The van der Waals surface area contributed by atoms with Gasteiger partial charge in [-0.05, 0) is 23.0 Å². The molecular weight excluding hydrogens is 226 g/mol. The zero-order valence-electron chi connectivity index (χ0n) is 10.4. The van der Waals surface area contributed by atoms with Gasteiger partial charge in [-0.15, -0.1) is 0 Å². The molecule has 0 bridgehead atoms. The molecule has 4 heteroatoms. The van der Waals surface area contributed by atoms with Crippen molar-refractivity contribution < 1.29 is 0 Å². The summed E-state index contributed by atoms with van der Waals surface area (Å²) in [6.45, 7) is 4.32. The lowest BCUT2D eigenvalue weighted by molar-refractivity contribution is 0.509. The largest absolute Gasteiger partial charge is 0.369 e. The molecule has 0 aliphatic heterocycles. The molecule has 2 aromatic rings. The molecule has 0 fully saturated rings. The molecule has 1 heterocycles. The molecule has 0 atom stereocenters. The molecule has 4 nitrogen and oxygen atoms in total. The Balaban J connectivity index is 2.40. The Morgan fingerprint density at radius 2 is 2.06 bits per heavy atom. The second kappa shape index (κ2) is 3.45. The summed E-state index contributed by atoms with van der Waals surface area (Å²) in [5.41, 5.74) is 9.06. The Kier molecular flexibility index (Phi) is 2.11. The Labute approximate surface area is 105 Å². The van der Waals surface area contributed by atoms with E-state index in [1.165, 1.54) is 5.56 Å². The van der Waals surface area contributed by atoms with E-state index in [-0.39, 0.29) is 16.9 Å². The minimum absolute atomic E-state index is 0.0309. The van der Waals surface area contributed by atoms with Gasteiger partial charge in [0.2, 0.25) is 5.95 Å². The van der Waals surface area contributed by atoms with Gasteiger partial charge in [0.05, 0.1) is 11.3 Å². The van der Waals surface area contributed by atoms with Crippen molar-refractivity contribution >= 4 is 5.95 Å². The summed E-state index contributed by atoms with van der Waals surface area (Å²) in [6, 6.07) is 8.00. The Morgan fingerprint density at radius 3 is 2.83 bits per heavy atom. The van der Waals surface area contributed by atoms with Crippen LogP contribution in [-0.4, -0.2) is 9.97 Å². The third-order valence-corrected chi connectivity index (χ3v) is 3.55. The third kappa shape index (κ3) is 1.45. The highest BCUT2D eigenvalue weighted by Crippen LogP contribution is 2.40. The van der Waals surface area contributed by atoms with Crippen LogP contribution >= 0.6 is 0 Å². The summed E-state index contributed by atoms with van der Waals surface area (Å²) in [7, 11) is 0. The summed E-state index contributed by atoms with van der Waals surface area (Å²) >= 11 is 0. The van der Waals surface area contributed by atoms with E-state index in [9.17, 15) is 4.79 Å². The van der Waals surface area contributed by atoms with E-state index < -0.39 is 0 Å². The van der Waals surface area contributed by atoms with E-state index in [2.05, 4.69) is 29.9 Å². The van der Waals surface area contributed by atoms with Crippen LogP contribution in [0.25, 0.3) is 11.1 Å². The lowest BCUT2D eigenvalue weighted by atomic mass is 9.72. The number of nitrogens with zero attached hydrogens (tertiary/aromatic N) is 1. The fourth-order valence-electron chi connectivity index (χ4n) is 2.75. The monoisotopic (exact) mass is 241 g/mol. The number of hydrogen-bond acceptors (Lipinski definition) is 3. The topological polar surface area (TPSA) is 71.8 Å². The van der Waals surface area contributed by atoms with Gasteiger partial charge in [-0.2, -0.15) is 0 Å². The maximum Gasteiger partial charge on any atom is 0.260 e. The summed E-state index contributed by atoms with van der Waals surface area (Å²) in [4.78, 5) is 19.0.